The number of hydrogen-bond acceptors (Lipinski definition) is 4. The zero-order valence-electron chi connectivity index (χ0n) is 11.0. The van der Waals surface area contributed by atoms with Gasteiger partial charge in [0.05, 0.1) is 7.11 Å². The highest BCUT2D eigenvalue weighted by Gasteiger charge is 2.11. The third-order valence-electron chi connectivity index (χ3n) is 2.99. The number of hydrogen-bond donors (Lipinski definition) is 1. The molecule has 1 aromatic carbocycles. The molecule has 0 aliphatic heterocycles. The van der Waals surface area contributed by atoms with Gasteiger partial charge in [0.1, 0.15) is 11.6 Å². The number of nitrogen functional groups attached to an aromatic ring is 1. The normalized spacial score (nSPS) is 10.2. The summed E-state index contributed by atoms with van der Waals surface area (Å²) in [6, 6.07) is 8.98. The first kappa shape index (κ1) is 13.1. The quantitative estimate of drug-likeness (QED) is 0.853. The van der Waals surface area contributed by atoms with E-state index in [9.17, 15) is 4.79 Å². The fourth-order valence-corrected chi connectivity index (χ4v) is 1.93. The van der Waals surface area contributed by atoms with E-state index in [2.05, 4.69) is 4.98 Å². The van der Waals surface area contributed by atoms with Crippen LogP contribution in [0.5, 0.6) is 5.75 Å². The van der Waals surface area contributed by atoms with Gasteiger partial charge in [0.15, 0.2) is 5.78 Å². The van der Waals surface area contributed by atoms with Crippen molar-refractivity contribution in [3.05, 3.63) is 53.2 Å². The van der Waals surface area contributed by atoms with Crippen LogP contribution in [-0.2, 0) is 6.42 Å². The molecule has 0 aliphatic rings. The summed E-state index contributed by atoms with van der Waals surface area (Å²) in [4.78, 5) is 16.2. The number of aromatic nitrogens is 1. The van der Waals surface area contributed by atoms with Crippen LogP contribution < -0.4 is 10.5 Å². The molecule has 4 nitrogen and oxygen atoms in total. The van der Waals surface area contributed by atoms with E-state index in [1.54, 1.807) is 31.5 Å². The Kier molecular flexibility index (Phi) is 3.80. The van der Waals surface area contributed by atoms with Crippen LogP contribution in [0.2, 0.25) is 0 Å². The number of aryl methyl sites for hydroxylation is 1. The number of Topliss-reactive ketones (excluding diaryl/α,β-unsaturated/α-hetero) is 1. The van der Waals surface area contributed by atoms with Crippen molar-refractivity contribution in [3.8, 4) is 5.75 Å². The number of carbonyl (C=O) groups excluding carboxylic acids is 1. The van der Waals surface area contributed by atoms with Crippen molar-refractivity contribution >= 4 is 11.6 Å². The highest BCUT2D eigenvalue weighted by Crippen LogP contribution is 2.20. The lowest BCUT2D eigenvalue weighted by molar-refractivity contribution is 0.0993. The first-order valence-corrected chi connectivity index (χ1v) is 5.99. The number of benzene rings is 1. The largest absolute Gasteiger partial charge is 0.496 e. The molecule has 0 bridgehead atoms. The molecule has 0 aliphatic carbocycles. The maximum Gasteiger partial charge on any atom is 0.167 e. The molecule has 0 radical (unpaired) electrons. The molecule has 0 saturated carbocycles. The van der Waals surface area contributed by atoms with Gasteiger partial charge in [-0.25, -0.2) is 4.98 Å². The molecule has 1 heterocycles. The maximum absolute atomic E-state index is 12.2. The fraction of sp³-hybridized carbons (Fsp3) is 0.200. The summed E-state index contributed by atoms with van der Waals surface area (Å²) in [5, 5.41) is 0. The Balaban J connectivity index is 2.21. The number of rotatable bonds is 4. The summed E-state index contributed by atoms with van der Waals surface area (Å²) < 4.78 is 5.18. The molecule has 0 saturated heterocycles. The standard InChI is InChI=1S/C15H16N2O2/c1-10-8-11(5-6-14(10)19-2)13(18)9-12-4-3-7-17-15(12)16/h3-8H,9H2,1-2H3,(H2,16,17). The zero-order valence-corrected chi connectivity index (χ0v) is 11.0. The number of ether oxygens (including phenoxy) is 1. The minimum absolute atomic E-state index is 0.0189. The van der Waals surface area contributed by atoms with Crippen molar-refractivity contribution in [3.63, 3.8) is 0 Å². The Morgan fingerprint density at radius 3 is 2.79 bits per heavy atom. The first-order chi connectivity index (χ1) is 9.11. The molecular weight excluding hydrogens is 240 g/mol. The summed E-state index contributed by atoms with van der Waals surface area (Å²) in [7, 11) is 1.61. The Bertz CT molecular complexity index is 609. The summed E-state index contributed by atoms with van der Waals surface area (Å²) in [6.07, 6.45) is 1.87. The summed E-state index contributed by atoms with van der Waals surface area (Å²) >= 11 is 0. The van der Waals surface area contributed by atoms with Crippen LogP contribution in [0.25, 0.3) is 0 Å². The molecule has 0 spiro atoms. The highest BCUT2D eigenvalue weighted by atomic mass is 16.5. The second-order valence-electron chi connectivity index (χ2n) is 4.33. The van der Waals surface area contributed by atoms with Gasteiger partial charge in [-0.3, -0.25) is 4.79 Å². The van der Waals surface area contributed by atoms with E-state index in [-0.39, 0.29) is 12.2 Å². The third-order valence-corrected chi connectivity index (χ3v) is 2.99. The second kappa shape index (κ2) is 5.52. The van der Waals surface area contributed by atoms with Gasteiger partial charge in [0.2, 0.25) is 0 Å². The van der Waals surface area contributed by atoms with Gasteiger partial charge in [0, 0.05) is 23.7 Å². The molecule has 19 heavy (non-hydrogen) atoms. The van der Waals surface area contributed by atoms with Crippen molar-refractivity contribution in [1.29, 1.82) is 0 Å². The zero-order chi connectivity index (χ0) is 13.8. The third kappa shape index (κ3) is 2.91. The van der Waals surface area contributed by atoms with Crippen molar-refractivity contribution in [2.75, 3.05) is 12.8 Å². The molecule has 4 heteroatoms. The number of nitrogens with two attached hydrogens (primary N) is 1. The van der Waals surface area contributed by atoms with Gasteiger partial charge in [-0.1, -0.05) is 6.07 Å². The molecule has 0 unspecified atom stereocenters. The lowest BCUT2D eigenvalue weighted by atomic mass is 10.0. The van der Waals surface area contributed by atoms with Crippen LogP contribution in [-0.4, -0.2) is 17.9 Å². The van der Waals surface area contributed by atoms with Crippen molar-refractivity contribution < 1.29 is 9.53 Å². The Morgan fingerprint density at radius 2 is 2.16 bits per heavy atom. The first-order valence-electron chi connectivity index (χ1n) is 5.99. The van der Waals surface area contributed by atoms with Crippen LogP contribution in [0, 0.1) is 6.92 Å². The average molecular weight is 256 g/mol. The monoisotopic (exact) mass is 256 g/mol. The minimum Gasteiger partial charge on any atom is -0.496 e. The molecule has 2 aromatic rings. The van der Waals surface area contributed by atoms with Gasteiger partial charge in [-0.2, -0.15) is 0 Å². The number of nitrogens with zero attached hydrogens (tertiary/aromatic N) is 1. The predicted octanol–water partition coefficient (Wildman–Crippen LogP) is 2.41. The molecule has 0 atom stereocenters. The summed E-state index contributed by atoms with van der Waals surface area (Å²) in [6.45, 7) is 1.91. The van der Waals surface area contributed by atoms with E-state index in [4.69, 9.17) is 10.5 Å². The maximum atomic E-state index is 12.2. The molecule has 0 fully saturated rings. The van der Waals surface area contributed by atoms with E-state index >= 15 is 0 Å². The molecule has 2 N–H and O–H groups in total. The van der Waals surface area contributed by atoms with Crippen LogP contribution in [0.4, 0.5) is 5.82 Å². The number of carbonyl (C=O) groups is 1. The van der Waals surface area contributed by atoms with Crippen molar-refractivity contribution in [1.82, 2.24) is 4.98 Å². The van der Waals surface area contributed by atoms with Gasteiger partial charge in [-0.05, 0) is 36.8 Å². The Labute approximate surface area is 112 Å². The topological polar surface area (TPSA) is 65.2 Å². The second-order valence-corrected chi connectivity index (χ2v) is 4.33. The fourth-order valence-electron chi connectivity index (χ4n) is 1.93. The number of methoxy groups -OCH3 is 1. The van der Waals surface area contributed by atoms with Crippen molar-refractivity contribution in [2.45, 2.75) is 13.3 Å². The lowest BCUT2D eigenvalue weighted by Crippen LogP contribution is -2.07. The number of anilines is 1. The van der Waals surface area contributed by atoms with E-state index in [0.717, 1.165) is 16.9 Å². The van der Waals surface area contributed by atoms with Gasteiger partial charge in [-0.15, -0.1) is 0 Å². The molecular formula is C15H16N2O2. The van der Waals surface area contributed by atoms with Gasteiger partial charge >= 0.3 is 0 Å². The SMILES string of the molecule is COc1ccc(C(=O)Cc2cccnc2N)cc1C. The van der Waals surface area contributed by atoms with Crippen LogP contribution in [0.1, 0.15) is 21.5 Å². The summed E-state index contributed by atoms with van der Waals surface area (Å²) in [5.74, 6) is 1.20. The van der Waals surface area contributed by atoms with E-state index < -0.39 is 0 Å². The number of pyridine rings is 1. The lowest BCUT2D eigenvalue weighted by Gasteiger charge is -2.07. The van der Waals surface area contributed by atoms with Gasteiger partial charge < -0.3 is 10.5 Å². The van der Waals surface area contributed by atoms with Gasteiger partial charge in [0.25, 0.3) is 0 Å². The predicted molar refractivity (Wildman–Crippen MR) is 74.4 cm³/mol. The highest BCUT2D eigenvalue weighted by molar-refractivity contribution is 5.98. The van der Waals surface area contributed by atoms with Crippen LogP contribution >= 0.6 is 0 Å². The number of ketones is 1. The molecule has 2 rings (SSSR count). The van der Waals surface area contributed by atoms with Crippen LogP contribution in [0.3, 0.4) is 0 Å². The van der Waals surface area contributed by atoms with E-state index in [1.165, 1.54) is 0 Å². The minimum atomic E-state index is 0.0189. The average Bonchev–Trinajstić information content (AvgIpc) is 2.41. The molecule has 1 aromatic heterocycles. The van der Waals surface area contributed by atoms with Crippen molar-refractivity contribution in [2.24, 2.45) is 0 Å². The van der Waals surface area contributed by atoms with E-state index in [0.29, 0.717) is 11.4 Å². The van der Waals surface area contributed by atoms with E-state index in [1.807, 2.05) is 19.1 Å². The summed E-state index contributed by atoms with van der Waals surface area (Å²) in [5.41, 5.74) is 8.08. The molecule has 0 amide bonds. The van der Waals surface area contributed by atoms with Crippen LogP contribution in [0.15, 0.2) is 36.5 Å². The Hall–Kier alpha value is -2.36. The molecule has 98 valence electrons. The Morgan fingerprint density at radius 1 is 1.37 bits per heavy atom. The smallest absolute Gasteiger partial charge is 0.167 e.